The Morgan fingerprint density at radius 3 is 1.97 bits per heavy atom. The maximum Gasteiger partial charge on any atom is 0.0774 e. The minimum absolute atomic E-state index is 0. The molecule has 0 atom stereocenters. The van der Waals surface area contributed by atoms with Crippen LogP contribution >= 0.6 is 11.3 Å². The SMILES string of the molecule is CC(C)Cc1cc(-c2[c-]cccc2)nc[c]1[Ge]([CH3])([CH3])[CH3].CC(C)Cc1ccc2s[c-]c(-c3nc4ccccc4n3-c3c(C(C)C)cc(-c4ccccc4)cc3C(C)C)c2c1.[Ir]. The summed E-state index contributed by atoms with van der Waals surface area (Å²) in [5.74, 6) is 10.3. The topological polar surface area (TPSA) is 30.7 Å². The van der Waals surface area contributed by atoms with Crippen molar-refractivity contribution in [3.05, 3.63) is 155 Å². The Bertz CT molecular complexity index is 2670. The van der Waals surface area contributed by atoms with Crippen molar-refractivity contribution in [3.8, 4) is 39.5 Å². The van der Waals surface area contributed by atoms with Crippen LogP contribution in [0.4, 0.5) is 0 Å². The Kier molecular flexibility index (Phi) is 15.2. The average Bonchev–Trinajstić information content (AvgIpc) is 3.81. The molecule has 0 spiro atoms. The van der Waals surface area contributed by atoms with E-state index in [1.807, 2.05) is 18.2 Å². The van der Waals surface area contributed by atoms with E-state index in [9.17, 15) is 0 Å². The summed E-state index contributed by atoms with van der Waals surface area (Å²) in [6, 6.07) is 44.7. The number of fused-ring (bicyclic) bond motifs is 2. The molecule has 6 heteroatoms. The monoisotopic (exact) mass is 1060 g/mol. The van der Waals surface area contributed by atoms with Gasteiger partial charge in [0.25, 0.3) is 0 Å². The first-order valence-electron chi connectivity index (χ1n) is 21.8. The maximum atomic E-state index is 5.29. The zero-order chi connectivity index (χ0) is 42.7. The summed E-state index contributed by atoms with van der Waals surface area (Å²) in [7, 11) is 0. The van der Waals surface area contributed by atoms with Crippen molar-refractivity contribution in [3.63, 3.8) is 0 Å². The Labute approximate surface area is 385 Å². The van der Waals surface area contributed by atoms with Crippen molar-refractivity contribution in [1.29, 1.82) is 0 Å². The van der Waals surface area contributed by atoms with Gasteiger partial charge in [-0.2, -0.15) is 0 Å². The number of aromatic nitrogens is 3. The van der Waals surface area contributed by atoms with E-state index in [0.717, 1.165) is 46.5 Å². The van der Waals surface area contributed by atoms with E-state index in [2.05, 4.69) is 192 Å². The molecule has 0 bridgehead atoms. The average molecular weight is 1060 g/mol. The molecule has 0 amide bonds. The van der Waals surface area contributed by atoms with Crippen molar-refractivity contribution in [2.24, 2.45) is 11.8 Å². The molecular formula is C55H61GeIrN3S-2. The molecule has 0 N–H and O–H groups in total. The third kappa shape index (κ3) is 10.6. The molecular weight excluding hydrogens is 1000 g/mol. The third-order valence-electron chi connectivity index (χ3n) is 11.2. The smallest absolute Gasteiger partial charge is 0.0774 e. The van der Waals surface area contributed by atoms with Crippen LogP contribution in [0.5, 0.6) is 0 Å². The molecule has 3 nitrogen and oxygen atoms in total. The molecule has 8 rings (SSSR count). The van der Waals surface area contributed by atoms with E-state index in [0.29, 0.717) is 23.7 Å². The number of nitrogens with zero attached hydrogens (tertiary/aromatic N) is 3. The summed E-state index contributed by atoms with van der Waals surface area (Å²) in [4.78, 5) is 9.99. The molecule has 61 heavy (non-hydrogen) atoms. The zero-order valence-electron chi connectivity index (χ0n) is 37.9. The number of para-hydroxylation sites is 2. The fourth-order valence-corrected chi connectivity index (χ4v) is 12.5. The number of imidazole rings is 1. The number of pyridine rings is 1. The second kappa shape index (κ2) is 19.9. The van der Waals surface area contributed by atoms with E-state index < -0.39 is 13.3 Å². The number of hydrogen-bond acceptors (Lipinski definition) is 3. The molecule has 0 saturated heterocycles. The summed E-state index contributed by atoms with van der Waals surface area (Å²) in [6.45, 7) is 18.4. The quantitative estimate of drug-likeness (QED) is 0.0955. The van der Waals surface area contributed by atoms with Crippen molar-refractivity contribution < 1.29 is 20.1 Å². The van der Waals surface area contributed by atoms with Gasteiger partial charge >= 0.3 is 126 Å². The Balaban J connectivity index is 0.000000250. The van der Waals surface area contributed by atoms with Gasteiger partial charge in [-0.25, -0.2) is 0 Å². The van der Waals surface area contributed by atoms with Gasteiger partial charge in [-0.3, -0.25) is 16.3 Å². The zero-order valence-corrected chi connectivity index (χ0v) is 43.2. The van der Waals surface area contributed by atoms with Crippen LogP contribution in [-0.2, 0) is 32.9 Å². The van der Waals surface area contributed by atoms with Crippen LogP contribution in [0, 0.1) is 23.3 Å². The van der Waals surface area contributed by atoms with Crippen molar-refractivity contribution in [2.75, 3.05) is 0 Å². The minimum atomic E-state index is -1.86. The number of thiophene rings is 1. The van der Waals surface area contributed by atoms with Crippen molar-refractivity contribution in [1.82, 2.24) is 14.5 Å². The van der Waals surface area contributed by atoms with Gasteiger partial charge in [0, 0.05) is 25.8 Å². The molecule has 0 aliphatic heterocycles. The Hall–Kier alpha value is -4.13. The molecule has 8 aromatic rings. The number of hydrogen-bond donors (Lipinski definition) is 0. The van der Waals surface area contributed by atoms with E-state index >= 15 is 0 Å². The predicted octanol–water partition coefficient (Wildman–Crippen LogP) is 15.1. The third-order valence-corrected chi connectivity index (χ3v) is 16.4. The summed E-state index contributed by atoms with van der Waals surface area (Å²) in [6.07, 6.45) is 4.34. The molecule has 0 unspecified atom stereocenters. The summed E-state index contributed by atoms with van der Waals surface area (Å²) in [5, 5.41) is 4.92. The van der Waals surface area contributed by atoms with Gasteiger partial charge in [0.15, 0.2) is 0 Å². The van der Waals surface area contributed by atoms with E-state index in [1.165, 1.54) is 49.2 Å². The normalized spacial score (nSPS) is 11.8. The molecule has 3 aromatic heterocycles. The maximum absolute atomic E-state index is 5.29. The van der Waals surface area contributed by atoms with Crippen LogP contribution in [-0.4, -0.2) is 27.8 Å². The van der Waals surface area contributed by atoms with Crippen LogP contribution in [0.3, 0.4) is 0 Å². The second-order valence-corrected chi connectivity index (χ2v) is 30.2. The first-order valence-corrected chi connectivity index (χ1v) is 30.0. The fraction of sp³-hybridized carbons (Fsp3) is 0.309. The molecule has 0 aliphatic rings. The van der Waals surface area contributed by atoms with Crippen LogP contribution in [0.25, 0.3) is 60.6 Å². The van der Waals surface area contributed by atoms with E-state index in [-0.39, 0.29) is 20.1 Å². The van der Waals surface area contributed by atoms with Gasteiger partial charge < -0.3 is 4.57 Å². The minimum Gasteiger partial charge on any atom is -0.333 e. The van der Waals surface area contributed by atoms with Crippen LogP contribution < -0.4 is 4.40 Å². The first kappa shape index (κ1) is 46.4. The van der Waals surface area contributed by atoms with Crippen LogP contribution in [0.15, 0.2) is 121 Å². The second-order valence-electron chi connectivity index (χ2n) is 18.8. The Morgan fingerprint density at radius 2 is 1.34 bits per heavy atom. The van der Waals surface area contributed by atoms with Gasteiger partial charge in [0.2, 0.25) is 0 Å². The number of rotatable bonds is 11. The predicted molar refractivity (Wildman–Crippen MR) is 263 cm³/mol. The largest absolute Gasteiger partial charge is 0.333 e. The first-order chi connectivity index (χ1) is 28.7. The van der Waals surface area contributed by atoms with Crippen molar-refractivity contribution >= 4 is 50.1 Å². The fourth-order valence-electron chi connectivity index (χ4n) is 8.30. The van der Waals surface area contributed by atoms with Crippen LogP contribution in [0.2, 0.25) is 17.3 Å². The van der Waals surface area contributed by atoms with Gasteiger partial charge in [-0.1, -0.05) is 117 Å². The molecule has 0 saturated carbocycles. The van der Waals surface area contributed by atoms with Gasteiger partial charge in [-0.15, -0.1) is 11.5 Å². The molecule has 0 fully saturated rings. The molecule has 317 valence electrons. The summed E-state index contributed by atoms with van der Waals surface area (Å²) < 4.78 is 5.23. The van der Waals surface area contributed by atoms with E-state index in [4.69, 9.17) is 9.97 Å². The molecule has 5 aromatic carbocycles. The molecule has 3 heterocycles. The van der Waals surface area contributed by atoms with Crippen LogP contribution in [0.1, 0.15) is 89.5 Å². The van der Waals surface area contributed by atoms with Gasteiger partial charge in [0.05, 0.1) is 16.9 Å². The standard InChI is InChI=1S/C37H37N2S.C18H24GeN.Ir/c1-23(2)18-26-16-17-35-31(19-26)32(22-40-35)37-38-33-14-10-11-15-34(33)39(37)36-29(24(3)4)20-28(21-30(36)25(5)6)27-12-8-7-9-13-27;1-14(2)11-16-12-18(15-9-7-6-8-10-15)20-13-17(16)19(3,4)5;/h7-17,19-21,23-25H,18H2,1-6H3;6-9,12-14H,11H2,1-5H3;/q2*-1;. The van der Waals surface area contributed by atoms with Gasteiger partial charge in [0.1, 0.15) is 0 Å². The molecule has 1 radical (unpaired) electrons. The van der Waals surface area contributed by atoms with E-state index in [1.54, 1.807) is 15.7 Å². The van der Waals surface area contributed by atoms with Gasteiger partial charge in [-0.05, 0) is 70.7 Å². The Morgan fingerprint density at radius 1 is 0.689 bits per heavy atom. The summed E-state index contributed by atoms with van der Waals surface area (Å²) in [5.41, 5.74) is 14.7. The summed E-state index contributed by atoms with van der Waals surface area (Å²) >= 11 is -0.165. The van der Waals surface area contributed by atoms with Crippen molar-refractivity contribution in [2.45, 2.75) is 97.3 Å². The number of benzene rings is 5. The molecule has 0 aliphatic carbocycles.